The lowest BCUT2D eigenvalue weighted by atomic mass is 10.3. The molecule has 15 heavy (non-hydrogen) atoms. The van der Waals surface area contributed by atoms with E-state index in [0.29, 0.717) is 5.82 Å². The molecular formula is C10H13N5. The van der Waals surface area contributed by atoms with Gasteiger partial charge >= 0.3 is 0 Å². The molecule has 0 amide bonds. The Labute approximate surface area is 88.0 Å². The maximum Gasteiger partial charge on any atom is 0.143 e. The van der Waals surface area contributed by atoms with Crippen molar-refractivity contribution in [3.63, 3.8) is 0 Å². The van der Waals surface area contributed by atoms with Crippen molar-refractivity contribution in [2.75, 3.05) is 5.73 Å². The van der Waals surface area contributed by atoms with E-state index in [1.807, 2.05) is 10.8 Å². The zero-order chi connectivity index (χ0) is 10.7. The number of aryl methyl sites for hydroxylation is 1. The van der Waals surface area contributed by atoms with Crippen molar-refractivity contribution in [3.05, 3.63) is 30.6 Å². The summed E-state index contributed by atoms with van der Waals surface area (Å²) in [6, 6.07) is 1.74. The van der Waals surface area contributed by atoms with Crippen LogP contribution in [0.1, 0.15) is 19.2 Å². The van der Waals surface area contributed by atoms with Crippen molar-refractivity contribution in [1.29, 1.82) is 0 Å². The highest BCUT2D eigenvalue weighted by atomic mass is 15.1. The predicted octanol–water partition coefficient (Wildman–Crippen LogP) is 1.20. The molecule has 0 saturated heterocycles. The minimum atomic E-state index is 0.469. The van der Waals surface area contributed by atoms with Crippen LogP contribution in [0.3, 0.4) is 0 Å². The van der Waals surface area contributed by atoms with Crippen molar-refractivity contribution in [3.8, 4) is 5.82 Å². The summed E-state index contributed by atoms with van der Waals surface area (Å²) in [6.07, 6.45) is 7.09. The van der Waals surface area contributed by atoms with Crippen molar-refractivity contribution < 1.29 is 0 Å². The number of nitrogens with two attached hydrogens (primary N) is 1. The van der Waals surface area contributed by atoms with Crippen LogP contribution < -0.4 is 5.73 Å². The molecule has 2 heterocycles. The largest absolute Gasteiger partial charge is 0.384 e. The third-order valence-electron chi connectivity index (χ3n) is 2.11. The molecule has 0 bridgehead atoms. The Morgan fingerprint density at radius 3 is 2.93 bits per heavy atom. The molecule has 0 radical (unpaired) electrons. The van der Waals surface area contributed by atoms with Gasteiger partial charge in [0.15, 0.2) is 0 Å². The third kappa shape index (κ3) is 1.96. The van der Waals surface area contributed by atoms with E-state index in [9.17, 15) is 0 Å². The fourth-order valence-corrected chi connectivity index (χ4v) is 1.44. The van der Waals surface area contributed by atoms with Gasteiger partial charge in [-0.05, 0) is 6.42 Å². The molecule has 0 aliphatic carbocycles. The van der Waals surface area contributed by atoms with Gasteiger partial charge in [0.05, 0.1) is 0 Å². The van der Waals surface area contributed by atoms with Crippen LogP contribution in [0.4, 0.5) is 5.82 Å². The molecule has 2 aromatic rings. The topological polar surface area (TPSA) is 69.6 Å². The highest BCUT2D eigenvalue weighted by Crippen LogP contribution is 2.10. The summed E-state index contributed by atoms with van der Waals surface area (Å²) in [7, 11) is 0. The van der Waals surface area contributed by atoms with Gasteiger partial charge in [-0.3, -0.25) is 4.57 Å². The molecule has 0 aliphatic heterocycles. The SMILES string of the molecule is CCCc1nccn1-c1cc(N)ncn1. The number of hydrogen-bond acceptors (Lipinski definition) is 4. The summed E-state index contributed by atoms with van der Waals surface area (Å²) in [4.78, 5) is 12.3. The van der Waals surface area contributed by atoms with Crippen molar-refractivity contribution in [1.82, 2.24) is 19.5 Å². The number of imidazole rings is 1. The van der Waals surface area contributed by atoms with Gasteiger partial charge < -0.3 is 5.73 Å². The summed E-state index contributed by atoms with van der Waals surface area (Å²) in [5.74, 6) is 2.23. The van der Waals surface area contributed by atoms with Crippen molar-refractivity contribution in [2.24, 2.45) is 0 Å². The van der Waals surface area contributed by atoms with Crippen LogP contribution in [-0.4, -0.2) is 19.5 Å². The maximum atomic E-state index is 5.60. The molecule has 78 valence electrons. The number of anilines is 1. The summed E-state index contributed by atoms with van der Waals surface area (Å²) in [5, 5.41) is 0. The number of hydrogen-bond donors (Lipinski definition) is 1. The third-order valence-corrected chi connectivity index (χ3v) is 2.11. The molecule has 5 heteroatoms. The number of rotatable bonds is 3. The van der Waals surface area contributed by atoms with Crippen LogP contribution in [0.25, 0.3) is 5.82 Å². The van der Waals surface area contributed by atoms with Gasteiger partial charge in [0.2, 0.25) is 0 Å². The first-order valence-electron chi connectivity index (χ1n) is 4.91. The predicted molar refractivity (Wildman–Crippen MR) is 57.6 cm³/mol. The van der Waals surface area contributed by atoms with Crippen LogP contribution in [0.15, 0.2) is 24.8 Å². The maximum absolute atomic E-state index is 5.60. The van der Waals surface area contributed by atoms with E-state index < -0.39 is 0 Å². The molecule has 0 fully saturated rings. The van der Waals surface area contributed by atoms with E-state index in [0.717, 1.165) is 24.5 Å². The van der Waals surface area contributed by atoms with Crippen LogP contribution in [-0.2, 0) is 6.42 Å². The first kappa shape index (κ1) is 9.64. The van der Waals surface area contributed by atoms with Gasteiger partial charge in [0.25, 0.3) is 0 Å². The average molecular weight is 203 g/mol. The Hall–Kier alpha value is -1.91. The van der Waals surface area contributed by atoms with E-state index in [2.05, 4.69) is 21.9 Å². The molecule has 0 spiro atoms. The second-order valence-corrected chi connectivity index (χ2v) is 3.26. The molecule has 0 unspecified atom stereocenters. The van der Waals surface area contributed by atoms with Gasteiger partial charge in [-0.25, -0.2) is 15.0 Å². The summed E-state index contributed by atoms with van der Waals surface area (Å²) in [5.41, 5.74) is 5.60. The second-order valence-electron chi connectivity index (χ2n) is 3.26. The summed E-state index contributed by atoms with van der Waals surface area (Å²) >= 11 is 0. The zero-order valence-corrected chi connectivity index (χ0v) is 8.59. The Morgan fingerprint density at radius 1 is 1.33 bits per heavy atom. The Balaban J connectivity index is 2.40. The van der Waals surface area contributed by atoms with Gasteiger partial charge in [0.1, 0.15) is 23.8 Å². The van der Waals surface area contributed by atoms with Crippen LogP contribution in [0, 0.1) is 0 Å². The van der Waals surface area contributed by atoms with Crippen LogP contribution in [0.5, 0.6) is 0 Å². The lowest BCUT2D eigenvalue weighted by Gasteiger charge is -2.05. The molecule has 0 atom stereocenters. The van der Waals surface area contributed by atoms with E-state index in [-0.39, 0.29) is 0 Å². The molecule has 0 aliphatic rings. The molecule has 2 N–H and O–H groups in total. The Kier molecular flexibility index (Phi) is 2.62. The van der Waals surface area contributed by atoms with E-state index >= 15 is 0 Å². The lowest BCUT2D eigenvalue weighted by molar-refractivity contribution is 0.796. The van der Waals surface area contributed by atoms with Gasteiger partial charge in [-0.15, -0.1) is 0 Å². The normalized spacial score (nSPS) is 10.5. The monoisotopic (exact) mass is 203 g/mol. The minimum absolute atomic E-state index is 0.469. The highest BCUT2D eigenvalue weighted by Gasteiger charge is 2.05. The highest BCUT2D eigenvalue weighted by molar-refractivity contribution is 5.36. The summed E-state index contributed by atoms with van der Waals surface area (Å²) < 4.78 is 1.93. The smallest absolute Gasteiger partial charge is 0.143 e. The standard InChI is InChI=1S/C10H13N5/c1-2-3-9-12-4-5-15(9)10-6-8(11)13-7-14-10/h4-7H,2-3H2,1H3,(H2,11,13,14). The zero-order valence-electron chi connectivity index (χ0n) is 8.59. The summed E-state index contributed by atoms with van der Waals surface area (Å²) in [6.45, 7) is 2.12. The van der Waals surface area contributed by atoms with Gasteiger partial charge in [-0.1, -0.05) is 6.92 Å². The number of nitrogens with zero attached hydrogens (tertiary/aromatic N) is 4. The second kappa shape index (κ2) is 4.08. The Bertz CT molecular complexity index is 449. The van der Waals surface area contributed by atoms with Crippen LogP contribution in [0.2, 0.25) is 0 Å². The van der Waals surface area contributed by atoms with Gasteiger partial charge in [-0.2, -0.15) is 0 Å². The van der Waals surface area contributed by atoms with E-state index in [1.54, 1.807) is 12.3 Å². The van der Waals surface area contributed by atoms with Crippen molar-refractivity contribution in [2.45, 2.75) is 19.8 Å². The first-order valence-corrected chi connectivity index (χ1v) is 4.91. The fraction of sp³-hybridized carbons (Fsp3) is 0.300. The first-order chi connectivity index (χ1) is 7.31. The Morgan fingerprint density at radius 2 is 2.20 bits per heavy atom. The quantitative estimate of drug-likeness (QED) is 0.813. The van der Waals surface area contributed by atoms with Crippen molar-refractivity contribution >= 4 is 5.82 Å². The lowest BCUT2D eigenvalue weighted by Crippen LogP contribution is -2.04. The van der Waals surface area contributed by atoms with E-state index in [1.165, 1.54) is 6.33 Å². The van der Waals surface area contributed by atoms with Gasteiger partial charge in [0, 0.05) is 24.9 Å². The van der Waals surface area contributed by atoms with Crippen LogP contribution >= 0.6 is 0 Å². The molecular weight excluding hydrogens is 190 g/mol. The van der Waals surface area contributed by atoms with E-state index in [4.69, 9.17) is 5.73 Å². The number of aromatic nitrogens is 4. The molecule has 0 saturated carbocycles. The minimum Gasteiger partial charge on any atom is -0.384 e. The molecule has 0 aromatic carbocycles. The average Bonchev–Trinajstić information content (AvgIpc) is 2.66. The fourth-order valence-electron chi connectivity index (χ4n) is 1.44. The molecule has 2 rings (SSSR count). The number of nitrogen functional groups attached to an aromatic ring is 1. The molecule has 2 aromatic heterocycles. The molecule has 5 nitrogen and oxygen atoms in total.